The summed E-state index contributed by atoms with van der Waals surface area (Å²) in [4.78, 5) is 6.91. The molecule has 4 aromatic rings. The van der Waals surface area contributed by atoms with E-state index in [-0.39, 0.29) is 7.18 Å². The van der Waals surface area contributed by atoms with Gasteiger partial charge in [0.25, 0.3) is 0 Å². The molecule has 2 aromatic heterocycles. The predicted octanol–water partition coefficient (Wildman–Crippen LogP) is 4.81. The smallest absolute Gasteiger partial charge is 0.247 e. The van der Waals surface area contributed by atoms with Crippen molar-refractivity contribution in [2.75, 3.05) is 31.6 Å². The minimum absolute atomic E-state index is 0. The Labute approximate surface area is 183 Å². The lowest BCUT2D eigenvalue weighted by atomic mass is 10.1. The Balaban J connectivity index is 0.00000289. The van der Waals surface area contributed by atoms with Crippen molar-refractivity contribution >= 4 is 17.3 Å². The number of aromatic nitrogens is 3. The summed E-state index contributed by atoms with van der Waals surface area (Å²) in [6.07, 6.45) is 0. The Kier molecular flexibility index (Phi) is 6.33. The quantitative estimate of drug-likeness (QED) is 0.405. The van der Waals surface area contributed by atoms with E-state index in [2.05, 4.69) is 34.1 Å². The highest BCUT2D eigenvalue weighted by molar-refractivity contribution is 5.65. The molecule has 0 unspecified atom stereocenters. The first kappa shape index (κ1) is 20.7. The molecule has 0 spiro atoms. The van der Waals surface area contributed by atoms with Gasteiger partial charge in [-0.05, 0) is 73.8 Å². The molecule has 0 saturated carbocycles. The van der Waals surface area contributed by atoms with E-state index in [1.165, 1.54) is 0 Å². The van der Waals surface area contributed by atoms with Gasteiger partial charge in [-0.15, -0.1) is 5.10 Å². The predicted molar refractivity (Wildman–Crippen MR) is 125 cm³/mol. The van der Waals surface area contributed by atoms with Crippen LogP contribution >= 0.6 is 0 Å². The molecule has 7 nitrogen and oxygen atoms in total. The first-order valence-corrected chi connectivity index (χ1v) is 10.5. The second-order valence-corrected chi connectivity index (χ2v) is 7.19. The van der Waals surface area contributed by atoms with E-state index < -0.39 is 0 Å². The number of nitrogens with zero attached hydrogens (tertiary/aromatic N) is 4. The Morgan fingerprint density at radius 2 is 1.74 bits per heavy atom. The van der Waals surface area contributed by atoms with Crippen molar-refractivity contribution < 1.29 is 11.3 Å². The number of hydrogen-bond donors (Lipinski definition) is 2. The topological polar surface area (TPSA) is 74.9 Å². The first-order valence-electron chi connectivity index (χ1n) is 10.5. The van der Waals surface area contributed by atoms with Crippen LogP contribution in [0.2, 0.25) is 0 Å². The number of benzene rings is 2. The van der Waals surface area contributed by atoms with Crippen molar-refractivity contribution in [3.8, 4) is 22.8 Å². The molecule has 0 atom stereocenters. The van der Waals surface area contributed by atoms with E-state index in [0.29, 0.717) is 12.6 Å². The lowest BCUT2D eigenvalue weighted by molar-refractivity contribution is 0.223. The average Bonchev–Trinajstić information content (AvgIpc) is 3.21. The summed E-state index contributed by atoms with van der Waals surface area (Å²) < 4.78 is 7.63. The van der Waals surface area contributed by atoms with Crippen molar-refractivity contribution in [3.63, 3.8) is 0 Å². The van der Waals surface area contributed by atoms with Gasteiger partial charge in [0.15, 0.2) is 5.65 Å². The Morgan fingerprint density at radius 3 is 2.45 bits per heavy atom. The summed E-state index contributed by atoms with van der Waals surface area (Å²) in [5.74, 6) is 1.59. The van der Waals surface area contributed by atoms with Crippen LogP contribution in [0, 0.1) is 0 Å². The van der Waals surface area contributed by atoms with E-state index in [1.54, 1.807) is 16.6 Å². The number of nitrogens with one attached hydrogen (secondary N) is 1. The number of rotatable bonds is 9. The van der Waals surface area contributed by atoms with Gasteiger partial charge < -0.3 is 20.1 Å². The van der Waals surface area contributed by atoms with Gasteiger partial charge in [0.2, 0.25) is 5.95 Å². The molecule has 2 heterocycles. The van der Waals surface area contributed by atoms with Gasteiger partial charge >= 0.3 is 0 Å². The number of aromatic hydroxyl groups is 1. The normalized spacial score (nSPS) is 11.2. The third-order valence-electron chi connectivity index (χ3n) is 5.20. The third kappa shape index (κ3) is 4.95. The van der Waals surface area contributed by atoms with Crippen LogP contribution in [-0.2, 0) is 0 Å². The summed E-state index contributed by atoms with van der Waals surface area (Å²) in [5, 5.41) is 17.4. The molecular formula is C24H29N5O2. The Morgan fingerprint density at radius 1 is 1.00 bits per heavy atom. The Bertz CT molecular complexity index is 1130. The maximum atomic E-state index is 9.54. The van der Waals surface area contributed by atoms with E-state index in [0.717, 1.165) is 48.0 Å². The molecule has 0 fully saturated rings. The number of likely N-dealkylation sites (N-methyl/N-ethyl adjacent to an activating group) is 1. The molecule has 162 valence electrons. The van der Waals surface area contributed by atoms with E-state index in [1.807, 2.05) is 54.6 Å². The fraction of sp³-hybridized carbons (Fsp3) is 0.250. The van der Waals surface area contributed by atoms with E-state index >= 15 is 0 Å². The SMILES string of the molecule is CCN(CC)CCOc1ccc(Nc2nc3cccc(-c4ccc(O)cc4)n3n2)cc1.[HH]. The molecule has 2 N–H and O–H groups in total. The highest BCUT2D eigenvalue weighted by Gasteiger charge is 2.09. The molecule has 7 heteroatoms. The molecule has 0 amide bonds. The van der Waals surface area contributed by atoms with Crippen LogP contribution < -0.4 is 10.1 Å². The van der Waals surface area contributed by atoms with Crippen molar-refractivity contribution in [3.05, 3.63) is 66.7 Å². The minimum atomic E-state index is 0. The number of pyridine rings is 1. The van der Waals surface area contributed by atoms with Crippen LogP contribution in [0.1, 0.15) is 15.3 Å². The molecule has 0 aliphatic carbocycles. The number of ether oxygens (including phenoxy) is 1. The van der Waals surface area contributed by atoms with Crippen LogP contribution in [0.5, 0.6) is 11.5 Å². The zero-order chi connectivity index (χ0) is 21.6. The summed E-state index contributed by atoms with van der Waals surface area (Å²) in [5.41, 5.74) is 3.48. The third-order valence-corrected chi connectivity index (χ3v) is 5.20. The molecule has 4 rings (SSSR count). The summed E-state index contributed by atoms with van der Waals surface area (Å²) in [7, 11) is 0. The highest BCUT2D eigenvalue weighted by atomic mass is 16.5. The minimum Gasteiger partial charge on any atom is -0.508 e. The van der Waals surface area contributed by atoms with Crippen LogP contribution in [0.3, 0.4) is 0 Å². The zero-order valence-electron chi connectivity index (χ0n) is 17.8. The molecule has 31 heavy (non-hydrogen) atoms. The van der Waals surface area contributed by atoms with Gasteiger partial charge in [-0.3, -0.25) is 0 Å². The number of hydrogen-bond acceptors (Lipinski definition) is 6. The lowest BCUT2D eigenvalue weighted by Gasteiger charge is -2.18. The summed E-state index contributed by atoms with van der Waals surface area (Å²) in [6, 6.07) is 20.7. The molecular weight excluding hydrogens is 390 g/mol. The summed E-state index contributed by atoms with van der Waals surface area (Å²) >= 11 is 0. The maximum absolute atomic E-state index is 9.54. The molecule has 0 aliphatic heterocycles. The fourth-order valence-electron chi connectivity index (χ4n) is 3.40. The number of anilines is 2. The standard InChI is InChI=1S/C24H27N5O2.H2/c1-3-28(4-2)16-17-31-21-14-10-19(11-15-21)25-24-26-23-7-5-6-22(29(23)27-24)18-8-12-20(30)13-9-18;/h5-15,30H,3-4,16-17H2,1-2H3,(H,25,27);1H. The fourth-order valence-corrected chi connectivity index (χ4v) is 3.40. The van der Waals surface area contributed by atoms with Gasteiger partial charge in [-0.25, -0.2) is 4.52 Å². The molecule has 0 aliphatic rings. The zero-order valence-corrected chi connectivity index (χ0v) is 17.8. The summed E-state index contributed by atoms with van der Waals surface area (Å²) in [6.45, 7) is 7.96. The second-order valence-electron chi connectivity index (χ2n) is 7.19. The van der Waals surface area contributed by atoms with Crippen molar-refractivity contribution in [2.24, 2.45) is 0 Å². The largest absolute Gasteiger partial charge is 0.508 e. The van der Waals surface area contributed by atoms with Crippen molar-refractivity contribution in [1.82, 2.24) is 19.5 Å². The van der Waals surface area contributed by atoms with E-state index in [4.69, 9.17) is 4.74 Å². The monoisotopic (exact) mass is 419 g/mol. The highest BCUT2D eigenvalue weighted by Crippen LogP contribution is 2.24. The Hall–Kier alpha value is -3.58. The van der Waals surface area contributed by atoms with Gasteiger partial charge in [-0.1, -0.05) is 19.9 Å². The number of phenols is 1. The number of fused-ring (bicyclic) bond motifs is 1. The first-order chi connectivity index (χ1) is 15.2. The van der Waals surface area contributed by atoms with Crippen molar-refractivity contribution in [1.29, 1.82) is 0 Å². The second kappa shape index (κ2) is 9.49. The van der Waals surface area contributed by atoms with Crippen molar-refractivity contribution in [2.45, 2.75) is 13.8 Å². The molecule has 0 bridgehead atoms. The molecule has 0 saturated heterocycles. The van der Waals surface area contributed by atoms with Crippen LogP contribution in [0.4, 0.5) is 11.6 Å². The van der Waals surface area contributed by atoms with Gasteiger partial charge in [0.1, 0.15) is 18.1 Å². The van der Waals surface area contributed by atoms with Gasteiger partial charge in [-0.2, -0.15) is 4.98 Å². The van der Waals surface area contributed by atoms with Gasteiger partial charge in [0, 0.05) is 19.2 Å². The molecule has 2 aromatic carbocycles. The average molecular weight is 420 g/mol. The lowest BCUT2D eigenvalue weighted by Crippen LogP contribution is -2.27. The molecule has 0 radical (unpaired) electrons. The van der Waals surface area contributed by atoms with Crippen LogP contribution in [0.25, 0.3) is 16.9 Å². The maximum Gasteiger partial charge on any atom is 0.247 e. The van der Waals surface area contributed by atoms with Crippen LogP contribution in [0.15, 0.2) is 66.7 Å². The van der Waals surface area contributed by atoms with E-state index in [9.17, 15) is 5.11 Å². The van der Waals surface area contributed by atoms with Gasteiger partial charge in [0.05, 0.1) is 5.69 Å². The number of phenolic OH excluding ortho intramolecular Hbond substituents is 1. The van der Waals surface area contributed by atoms with Crippen LogP contribution in [-0.4, -0.2) is 50.8 Å².